The fourth-order valence-corrected chi connectivity index (χ4v) is 3.94. The lowest BCUT2D eigenvalue weighted by Gasteiger charge is -2.26. The molecule has 1 aromatic carbocycles. The number of aliphatic imine (C=N–C) groups is 1. The van der Waals surface area contributed by atoms with Gasteiger partial charge in [-0.1, -0.05) is 43.7 Å². The zero-order valence-electron chi connectivity index (χ0n) is 14.2. The first-order valence-electron chi connectivity index (χ1n) is 8.53. The van der Waals surface area contributed by atoms with E-state index in [1.165, 1.54) is 32.6 Å². The molecule has 2 atom stereocenters. The third-order valence-electron chi connectivity index (χ3n) is 4.52. The van der Waals surface area contributed by atoms with Gasteiger partial charge in [0.05, 0.1) is 11.8 Å². The molecule has 0 radical (unpaired) electrons. The van der Waals surface area contributed by atoms with Gasteiger partial charge in [-0.05, 0) is 36.5 Å². The number of benzene rings is 1. The number of carbonyl (C=O) groups excluding carboxylic acids is 1. The summed E-state index contributed by atoms with van der Waals surface area (Å²) in [6.07, 6.45) is 5.08. The molecule has 1 aromatic rings. The van der Waals surface area contributed by atoms with E-state index in [2.05, 4.69) is 22.8 Å². The smallest absolute Gasteiger partial charge is 0.221 e. The van der Waals surface area contributed by atoms with Crippen molar-refractivity contribution in [2.45, 2.75) is 45.6 Å². The number of nitrogens with one attached hydrogen (secondary N) is 2. The SMILES string of the molecule is CC(=O)Nc1ccc(C2=NNC(=N[C@H]3CCCC[C@@H]3C)SC2)cc1. The topological polar surface area (TPSA) is 65.8 Å². The predicted molar refractivity (Wildman–Crippen MR) is 102 cm³/mol. The minimum absolute atomic E-state index is 0.0622. The normalized spacial score (nSPS) is 25.8. The molecule has 5 nitrogen and oxygen atoms in total. The van der Waals surface area contributed by atoms with Gasteiger partial charge in [-0.15, -0.1) is 0 Å². The van der Waals surface area contributed by atoms with E-state index in [-0.39, 0.29) is 5.91 Å². The average molecular weight is 344 g/mol. The van der Waals surface area contributed by atoms with Gasteiger partial charge in [-0.3, -0.25) is 15.2 Å². The fourth-order valence-electron chi connectivity index (χ4n) is 3.12. The van der Waals surface area contributed by atoms with E-state index in [0.29, 0.717) is 12.0 Å². The van der Waals surface area contributed by atoms with Gasteiger partial charge < -0.3 is 5.32 Å². The maximum absolute atomic E-state index is 11.1. The van der Waals surface area contributed by atoms with Crippen LogP contribution in [0.25, 0.3) is 0 Å². The largest absolute Gasteiger partial charge is 0.326 e. The molecule has 2 aliphatic rings. The Balaban J connectivity index is 1.63. The van der Waals surface area contributed by atoms with Crippen LogP contribution in [-0.2, 0) is 4.79 Å². The number of rotatable bonds is 3. The number of thioether (sulfide) groups is 1. The maximum atomic E-state index is 11.1. The highest BCUT2D eigenvalue weighted by Gasteiger charge is 2.22. The summed E-state index contributed by atoms with van der Waals surface area (Å²) >= 11 is 1.72. The van der Waals surface area contributed by atoms with Gasteiger partial charge in [-0.25, -0.2) is 0 Å². The molecule has 1 fully saturated rings. The third-order valence-corrected chi connectivity index (χ3v) is 5.41. The van der Waals surface area contributed by atoms with E-state index in [1.807, 2.05) is 24.3 Å². The monoisotopic (exact) mass is 344 g/mol. The Morgan fingerprint density at radius 2 is 2.04 bits per heavy atom. The van der Waals surface area contributed by atoms with E-state index < -0.39 is 0 Å². The summed E-state index contributed by atoms with van der Waals surface area (Å²) in [5.41, 5.74) is 5.98. The standard InChI is InChI=1S/C18H24N4OS/c1-12-5-3-4-6-16(12)20-18-22-21-17(11-24-18)14-7-9-15(10-8-14)19-13(2)23/h7-10,12,16H,3-6,11H2,1-2H3,(H,19,23)(H,20,22)/t12-,16-/m0/s1. The molecule has 3 rings (SSSR count). The Morgan fingerprint density at radius 3 is 2.67 bits per heavy atom. The van der Waals surface area contributed by atoms with Crippen LogP contribution >= 0.6 is 11.8 Å². The van der Waals surface area contributed by atoms with E-state index in [9.17, 15) is 4.79 Å². The maximum Gasteiger partial charge on any atom is 0.221 e. The summed E-state index contributed by atoms with van der Waals surface area (Å²) < 4.78 is 0. The zero-order chi connectivity index (χ0) is 16.9. The second kappa shape index (κ2) is 7.83. The van der Waals surface area contributed by atoms with Gasteiger partial charge in [0.1, 0.15) is 0 Å². The first kappa shape index (κ1) is 17.0. The molecule has 1 heterocycles. The highest BCUT2D eigenvalue weighted by molar-refractivity contribution is 8.14. The first-order chi connectivity index (χ1) is 11.6. The lowest BCUT2D eigenvalue weighted by molar-refractivity contribution is -0.114. The van der Waals surface area contributed by atoms with Gasteiger partial charge in [0.2, 0.25) is 5.91 Å². The van der Waals surface area contributed by atoms with Gasteiger partial charge in [-0.2, -0.15) is 5.10 Å². The van der Waals surface area contributed by atoms with Crippen LogP contribution in [0.2, 0.25) is 0 Å². The summed E-state index contributed by atoms with van der Waals surface area (Å²) in [6.45, 7) is 3.81. The molecule has 0 unspecified atom stereocenters. The number of amides is 1. The van der Waals surface area contributed by atoms with Crippen molar-refractivity contribution in [1.29, 1.82) is 0 Å². The van der Waals surface area contributed by atoms with Gasteiger partial charge >= 0.3 is 0 Å². The molecule has 1 aliphatic heterocycles. The van der Waals surface area contributed by atoms with Gasteiger partial charge in [0.25, 0.3) is 0 Å². The van der Waals surface area contributed by atoms with Crippen LogP contribution in [0.15, 0.2) is 34.4 Å². The molecule has 1 amide bonds. The number of amidine groups is 1. The molecule has 128 valence electrons. The predicted octanol–water partition coefficient (Wildman–Crippen LogP) is 3.62. The van der Waals surface area contributed by atoms with Crippen LogP contribution < -0.4 is 10.7 Å². The molecule has 2 N–H and O–H groups in total. The van der Waals surface area contributed by atoms with E-state index in [0.717, 1.165) is 27.9 Å². The second-order valence-electron chi connectivity index (χ2n) is 6.48. The molecule has 0 spiro atoms. The summed E-state index contributed by atoms with van der Waals surface area (Å²) in [4.78, 5) is 15.9. The van der Waals surface area contributed by atoms with Crippen molar-refractivity contribution < 1.29 is 4.79 Å². The fraction of sp³-hybridized carbons (Fsp3) is 0.500. The molecular weight excluding hydrogens is 320 g/mol. The first-order valence-corrected chi connectivity index (χ1v) is 9.51. The number of hydrogen-bond acceptors (Lipinski definition) is 4. The van der Waals surface area contributed by atoms with Crippen LogP contribution in [0.1, 0.15) is 45.1 Å². The van der Waals surface area contributed by atoms with Gasteiger partial charge in [0.15, 0.2) is 5.17 Å². The number of nitrogens with zero attached hydrogens (tertiary/aromatic N) is 2. The molecule has 0 bridgehead atoms. The minimum Gasteiger partial charge on any atom is -0.326 e. The molecule has 6 heteroatoms. The molecule has 0 saturated heterocycles. The molecular formula is C18H24N4OS. The summed E-state index contributed by atoms with van der Waals surface area (Å²) in [7, 11) is 0. The van der Waals surface area contributed by atoms with Crippen molar-refractivity contribution in [3.8, 4) is 0 Å². The van der Waals surface area contributed by atoms with Crippen molar-refractivity contribution in [1.82, 2.24) is 5.43 Å². The summed E-state index contributed by atoms with van der Waals surface area (Å²) in [5.74, 6) is 1.42. The lowest BCUT2D eigenvalue weighted by Crippen LogP contribution is -2.29. The van der Waals surface area contributed by atoms with Crippen molar-refractivity contribution >= 4 is 34.2 Å². The quantitative estimate of drug-likeness (QED) is 0.880. The minimum atomic E-state index is -0.0622. The zero-order valence-corrected chi connectivity index (χ0v) is 15.0. The molecule has 24 heavy (non-hydrogen) atoms. The van der Waals surface area contributed by atoms with Crippen LogP contribution in [0, 0.1) is 5.92 Å². The molecule has 0 aromatic heterocycles. The highest BCUT2D eigenvalue weighted by Crippen LogP contribution is 2.27. The number of anilines is 1. The van der Waals surface area contributed by atoms with E-state index in [1.54, 1.807) is 11.8 Å². The second-order valence-corrected chi connectivity index (χ2v) is 7.44. The Hall–Kier alpha value is -1.82. The number of hydrogen-bond donors (Lipinski definition) is 2. The third kappa shape index (κ3) is 4.38. The van der Waals surface area contributed by atoms with Crippen LogP contribution in [0.3, 0.4) is 0 Å². The average Bonchev–Trinajstić information content (AvgIpc) is 2.58. The summed E-state index contributed by atoms with van der Waals surface area (Å²) in [6, 6.07) is 8.20. The van der Waals surface area contributed by atoms with Crippen LogP contribution in [-0.4, -0.2) is 28.6 Å². The van der Waals surface area contributed by atoms with E-state index >= 15 is 0 Å². The van der Waals surface area contributed by atoms with Crippen LogP contribution in [0.5, 0.6) is 0 Å². The van der Waals surface area contributed by atoms with Crippen molar-refractivity contribution in [2.24, 2.45) is 16.0 Å². The van der Waals surface area contributed by atoms with E-state index in [4.69, 9.17) is 4.99 Å². The van der Waals surface area contributed by atoms with Crippen molar-refractivity contribution in [2.75, 3.05) is 11.1 Å². The van der Waals surface area contributed by atoms with Crippen molar-refractivity contribution in [3.63, 3.8) is 0 Å². The number of carbonyl (C=O) groups is 1. The van der Waals surface area contributed by atoms with Crippen LogP contribution in [0.4, 0.5) is 5.69 Å². The molecule has 1 saturated carbocycles. The Bertz CT molecular complexity index is 653. The highest BCUT2D eigenvalue weighted by atomic mass is 32.2. The van der Waals surface area contributed by atoms with Gasteiger partial charge in [0, 0.05) is 18.4 Å². The Morgan fingerprint density at radius 1 is 1.29 bits per heavy atom. The lowest BCUT2D eigenvalue weighted by atomic mass is 9.86. The summed E-state index contributed by atoms with van der Waals surface area (Å²) in [5, 5.41) is 8.20. The molecule has 1 aliphatic carbocycles. The van der Waals surface area contributed by atoms with Crippen molar-refractivity contribution in [3.05, 3.63) is 29.8 Å². The Labute approximate surface area is 147 Å². The number of hydrazone groups is 1. The Kier molecular flexibility index (Phi) is 5.56.